The fourth-order valence-electron chi connectivity index (χ4n) is 2.80. The minimum Gasteiger partial charge on any atom is -0.386 e. The first kappa shape index (κ1) is 15.8. The Morgan fingerprint density at radius 2 is 2.08 bits per heavy atom. The first-order valence-electron chi connectivity index (χ1n) is 7.92. The number of nitrogens with one attached hydrogen (secondary N) is 1. The third-order valence-electron chi connectivity index (χ3n) is 4.01. The van der Waals surface area contributed by atoms with Crippen molar-refractivity contribution >= 4 is 11.6 Å². The third kappa shape index (κ3) is 3.44. The van der Waals surface area contributed by atoms with Gasteiger partial charge >= 0.3 is 0 Å². The molecule has 1 aromatic heterocycles. The van der Waals surface area contributed by atoms with Crippen LogP contribution in [-0.4, -0.2) is 17.4 Å². The Morgan fingerprint density at radius 3 is 2.88 bits per heavy atom. The van der Waals surface area contributed by atoms with Crippen LogP contribution in [0.2, 0.25) is 0 Å². The lowest BCUT2D eigenvalue weighted by Gasteiger charge is -2.29. The molecule has 0 saturated carbocycles. The lowest BCUT2D eigenvalue weighted by atomic mass is 10.0. The molecular formula is C19H18N4O. The number of benzene rings is 1. The molecule has 24 heavy (non-hydrogen) atoms. The number of pyridine rings is 1. The average molecular weight is 318 g/mol. The summed E-state index contributed by atoms with van der Waals surface area (Å²) in [6, 6.07) is 13.6. The maximum absolute atomic E-state index is 12.7. The number of fused-ring (bicyclic) bond motifs is 1. The molecular weight excluding hydrogens is 300 g/mol. The van der Waals surface area contributed by atoms with Gasteiger partial charge in [0.15, 0.2) is 0 Å². The lowest BCUT2D eigenvalue weighted by molar-refractivity contribution is -0.114. The molecule has 2 aromatic rings. The molecule has 1 aliphatic heterocycles. The number of para-hydroxylation sites is 1. The number of nitriles is 1. The van der Waals surface area contributed by atoms with Crippen molar-refractivity contribution in [2.45, 2.75) is 19.4 Å². The Hall–Kier alpha value is -3.13. The van der Waals surface area contributed by atoms with Crippen LogP contribution in [0.25, 0.3) is 0 Å². The maximum atomic E-state index is 12.7. The summed E-state index contributed by atoms with van der Waals surface area (Å²) in [6.07, 6.45) is 6.79. The zero-order valence-corrected chi connectivity index (χ0v) is 13.3. The first-order valence-corrected chi connectivity index (χ1v) is 7.92. The lowest BCUT2D eigenvalue weighted by Crippen LogP contribution is -2.36. The highest BCUT2D eigenvalue weighted by atomic mass is 16.2. The van der Waals surface area contributed by atoms with E-state index in [-0.39, 0.29) is 11.5 Å². The molecule has 3 rings (SSSR count). The molecule has 1 aromatic carbocycles. The van der Waals surface area contributed by atoms with E-state index in [2.05, 4.69) is 10.3 Å². The van der Waals surface area contributed by atoms with Gasteiger partial charge in [0.1, 0.15) is 11.6 Å². The molecule has 120 valence electrons. The Bertz CT molecular complexity index is 793. The number of hydrogen-bond acceptors (Lipinski definition) is 4. The fourth-order valence-corrected chi connectivity index (χ4v) is 2.80. The van der Waals surface area contributed by atoms with Crippen molar-refractivity contribution in [3.8, 4) is 6.07 Å². The normalized spacial score (nSPS) is 13.8. The quantitative estimate of drug-likeness (QED) is 0.695. The second-order valence-corrected chi connectivity index (χ2v) is 5.60. The van der Waals surface area contributed by atoms with Crippen molar-refractivity contribution in [2.75, 3.05) is 11.4 Å². The minimum atomic E-state index is -0.258. The highest BCUT2D eigenvalue weighted by Gasteiger charge is 2.24. The van der Waals surface area contributed by atoms with Gasteiger partial charge in [-0.2, -0.15) is 5.26 Å². The van der Waals surface area contributed by atoms with Crippen molar-refractivity contribution < 1.29 is 4.79 Å². The van der Waals surface area contributed by atoms with E-state index in [9.17, 15) is 10.1 Å². The first-order chi connectivity index (χ1) is 11.8. The summed E-state index contributed by atoms with van der Waals surface area (Å²) in [4.78, 5) is 18.4. The number of carbonyl (C=O) groups excluding carboxylic acids is 1. The van der Waals surface area contributed by atoms with Gasteiger partial charge in [-0.05, 0) is 42.2 Å². The van der Waals surface area contributed by atoms with E-state index in [0.29, 0.717) is 13.1 Å². The van der Waals surface area contributed by atoms with Crippen molar-refractivity contribution in [3.63, 3.8) is 0 Å². The third-order valence-corrected chi connectivity index (χ3v) is 4.01. The molecule has 0 radical (unpaired) electrons. The van der Waals surface area contributed by atoms with E-state index in [4.69, 9.17) is 0 Å². The van der Waals surface area contributed by atoms with Gasteiger partial charge in [-0.25, -0.2) is 0 Å². The van der Waals surface area contributed by atoms with Gasteiger partial charge < -0.3 is 10.2 Å². The number of carbonyl (C=O) groups is 1. The maximum Gasteiger partial charge on any atom is 0.270 e. The Balaban J connectivity index is 1.73. The molecule has 0 fully saturated rings. The predicted octanol–water partition coefficient (Wildman–Crippen LogP) is 2.56. The standard InChI is InChI=1S/C19H18N4O/c20-12-17(14-22-13-15-7-9-21-10-8-15)19(24)23-11-3-5-16-4-1-2-6-18(16)23/h1-2,4,6-10,14,22H,3,5,11,13H2/b17-14-. The van der Waals surface area contributed by atoms with E-state index in [1.165, 1.54) is 6.20 Å². The molecule has 1 N–H and O–H groups in total. The summed E-state index contributed by atoms with van der Waals surface area (Å²) in [5.74, 6) is -0.258. The van der Waals surface area contributed by atoms with E-state index in [0.717, 1.165) is 29.7 Å². The molecule has 5 heteroatoms. The summed E-state index contributed by atoms with van der Waals surface area (Å²) in [5, 5.41) is 12.4. The summed E-state index contributed by atoms with van der Waals surface area (Å²) in [5.41, 5.74) is 3.21. The van der Waals surface area contributed by atoms with E-state index >= 15 is 0 Å². The monoisotopic (exact) mass is 318 g/mol. The molecule has 5 nitrogen and oxygen atoms in total. The zero-order chi connectivity index (χ0) is 16.8. The topological polar surface area (TPSA) is 69.0 Å². The van der Waals surface area contributed by atoms with Gasteiger partial charge in [-0.15, -0.1) is 0 Å². The molecule has 0 unspecified atom stereocenters. The van der Waals surface area contributed by atoms with E-state index in [1.54, 1.807) is 17.3 Å². The largest absolute Gasteiger partial charge is 0.386 e. The molecule has 0 atom stereocenters. The highest BCUT2D eigenvalue weighted by molar-refractivity contribution is 6.08. The van der Waals surface area contributed by atoms with Crippen molar-refractivity contribution in [3.05, 3.63) is 71.7 Å². The van der Waals surface area contributed by atoms with Crippen molar-refractivity contribution in [1.29, 1.82) is 5.26 Å². The summed E-state index contributed by atoms with van der Waals surface area (Å²) in [6.45, 7) is 1.18. The van der Waals surface area contributed by atoms with Crippen LogP contribution in [0.4, 0.5) is 5.69 Å². The summed E-state index contributed by atoms with van der Waals surface area (Å²) >= 11 is 0. The van der Waals surface area contributed by atoms with Gasteiger partial charge in [-0.1, -0.05) is 18.2 Å². The van der Waals surface area contributed by atoms with E-state index < -0.39 is 0 Å². The van der Waals surface area contributed by atoms with Gasteiger partial charge in [0, 0.05) is 37.4 Å². The SMILES string of the molecule is N#C/C(=C/NCc1ccncc1)C(=O)N1CCCc2ccccc21. The van der Waals surface area contributed by atoms with Crippen molar-refractivity contribution in [1.82, 2.24) is 10.3 Å². The smallest absolute Gasteiger partial charge is 0.270 e. The van der Waals surface area contributed by atoms with Crippen LogP contribution < -0.4 is 10.2 Å². The van der Waals surface area contributed by atoms with Gasteiger partial charge in [0.25, 0.3) is 5.91 Å². The molecule has 0 aliphatic carbocycles. The highest BCUT2D eigenvalue weighted by Crippen LogP contribution is 2.27. The molecule has 1 aliphatic rings. The van der Waals surface area contributed by atoms with Crippen LogP contribution in [0, 0.1) is 11.3 Å². The second-order valence-electron chi connectivity index (χ2n) is 5.60. The minimum absolute atomic E-state index is 0.112. The molecule has 0 spiro atoms. The van der Waals surface area contributed by atoms with Gasteiger partial charge in [-0.3, -0.25) is 9.78 Å². The van der Waals surface area contributed by atoms with E-state index in [1.807, 2.05) is 42.5 Å². The number of anilines is 1. The Labute approximate surface area is 141 Å². The Kier molecular flexibility index (Phi) is 4.87. The molecule has 2 heterocycles. The molecule has 0 saturated heterocycles. The Morgan fingerprint density at radius 1 is 1.29 bits per heavy atom. The average Bonchev–Trinajstić information content (AvgIpc) is 2.65. The molecule has 0 bridgehead atoms. The van der Waals surface area contributed by atoms with Crippen LogP contribution in [0.1, 0.15) is 17.5 Å². The van der Waals surface area contributed by atoms with Gasteiger partial charge in [0.2, 0.25) is 0 Å². The number of rotatable bonds is 4. The van der Waals surface area contributed by atoms with Crippen LogP contribution in [0.3, 0.4) is 0 Å². The van der Waals surface area contributed by atoms with Crippen LogP contribution >= 0.6 is 0 Å². The van der Waals surface area contributed by atoms with Gasteiger partial charge in [0.05, 0.1) is 0 Å². The summed E-state index contributed by atoms with van der Waals surface area (Å²) in [7, 11) is 0. The molecule has 1 amide bonds. The number of nitrogens with zero attached hydrogens (tertiary/aromatic N) is 3. The van der Waals surface area contributed by atoms with Crippen LogP contribution in [0.15, 0.2) is 60.6 Å². The van der Waals surface area contributed by atoms with Crippen LogP contribution in [-0.2, 0) is 17.8 Å². The number of aryl methyl sites for hydroxylation is 1. The zero-order valence-electron chi connectivity index (χ0n) is 13.3. The van der Waals surface area contributed by atoms with Crippen molar-refractivity contribution in [2.24, 2.45) is 0 Å². The number of amides is 1. The fraction of sp³-hybridized carbons (Fsp3) is 0.211. The van der Waals surface area contributed by atoms with Crippen LogP contribution in [0.5, 0.6) is 0 Å². The second kappa shape index (κ2) is 7.42. The number of hydrogen-bond donors (Lipinski definition) is 1. The number of aromatic nitrogens is 1. The predicted molar refractivity (Wildman–Crippen MR) is 91.9 cm³/mol. The summed E-state index contributed by atoms with van der Waals surface area (Å²) < 4.78 is 0.